The molecule has 3 aliphatic heterocycles. The van der Waals surface area contributed by atoms with Gasteiger partial charge >= 0.3 is 5.97 Å². The monoisotopic (exact) mass is 364 g/mol. The third-order valence-corrected chi connectivity index (χ3v) is 6.32. The van der Waals surface area contributed by atoms with E-state index in [1.54, 1.807) is 18.7 Å². The molecule has 0 aliphatic carbocycles. The molecule has 1 N–H and O–H groups in total. The molecule has 1 aromatic heterocycles. The van der Waals surface area contributed by atoms with Crippen LogP contribution in [0.1, 0.15) is 31.5 Å². The van der Waals surface area contributed by atoms with Gasteiger partial charge in [-0.3, -0.25) is 4.79 Å². The molecular formula is C21H20N2O4. The van der Waals surface area contributed by atoms with Crippen LogP contribution in [0.5, 0.6) is 0 Å². The van der Waals surface area contributed by atoms with Gasteiger partial charge in [-0.25, -0.2) is 9.78 Å². The Hall–Kier alpha value is -2.73. The van der Waals surface area contributed by atoms with Crippen molar-refractivity contribution in [2.45, 2.75) is 32.4 Å². The van der Waals surface area contributed by atoms with Gasteiger partial charge in [0, 0.05) is 16.9 Å². The van der Waals surface area contributed by atoms with Crippen molar-refractivity contribution in [3.63, 3.8) is 0 Å². The number of cyclic esters (lactones) is 1. The second-order valence-electron chi connectivity index (χ2n) is 7.88. The molecule has 138 valence electrons. The molecule has 1 aromatic carbocycles. The first kappa shape index (κ1) is 16.4. The van der Waals surface area contributed by atoms with E-state index in [1.807, 2.05) is 30.3 Å². The van der Waals surface area contributed by atoms with Gasteiger partial charge in [0.25, 0.3) is 0 Å². The molecule has 3 atom stereocenters. The summed E-state index contributed by atoms with van der Waals surface area (Å²) in [5.74, 6) is -1.43. The predicted octanol–water partition coefficient (Wildman–Crippen LogP) is 2.25. The van der Waals surface area contributed by atoms with Crippen molar-refractivity contribution in [3.05, 3.63) is 47.7 Å². The topological polar surface area (TPSA) is 79.7 Å². The molecule has 0 radical (unpaired) electrons. The summed E-state index contributed by atoms with van der Waals surface area (Å²) in [6, 6.07) is 9.89. The maximum Gasteiger partial charge on any atom is 0.338 e. The van der Waals surface area contributed by atoms with Gasteiger partial charge in [-0.05, 0) is 25.5 Å². The molecule has 4 heterocycles. The van der Waals surface area contributed by atoms with Crippen molar-refractivity contribution in [2.24, 2.45) is 11.3 Å². The Balaban J connectivity index is 1.72. The van der Waals surface area contributed by atoms with E-state index in [0.717, 1.165) is 22.2 Å². The Kier molecular flexibility index (Phi) is 3.15. The summed E-state index contributed by atoms with van der Waals surface area (Å²) in [5, 5.41) is 12.1. The third-order valence-electron chi connectivity index (χ3n) is 6.32. The number of ether oxygens (including phenoxy) is 1. The number of para-hydroxylation sites is 1. The quantitative estimate of drug-likeness (QED) is 0.785. The van der Waals surface area contributed by atoms with Crippen molar-refractivity contribution in [1.29, 1.82) is 0 Å². The molecule has 1 saturated heterocycles. The fourth-order valence-corrected chi connectivity index (χ4v) is 4.67. The first-order valence-corrected chi connectivity index (χ1v) is 9.21. The molecule has 3 aliphatic rings. The van der Waals surface area contributed by atoms with E-state index >= 15 is 0 Å². The predicted molar refractivity (Wildman–Crippen MR) is 98.1 cm³/mol. The molecule has 5 rings (SSSR count). The number of carbonyl (C=O) groups excluding carboxylic acids is 2. The molecule has 2 aromatic rings. The largest absolute Gasteiger partial charge is 0.462 e. The second kappa shape index (κ2) is 5.16. The van der Waals surface area contributed by atoms with Gasteiger partial charge in [0.05, 0.1) is 28.9 Å². The number of hydrogen-bond donors (Lipinski definition) is 1. The van der Waals surface area contributed by atoms with E-state index in [2.05, 4.69) is 6.07 Å². The molecule has 6 nitrogen and oxygen atoms in total. The maximum absolute atomic E-state index is 13.4. The molecule has 27 heavy (non-hydrogen) atoms. The number of rotatable bonds is 1. The SMILES string of the molecule is CC[C@@]1(O)C(=O)OCC2(C)C(=O)N3Cc4cc5ccccc5nc4C3=CC21. The zero-order valence-corrected chi connectivity index (χ0v) is 15.2. The number of fused-ring (bicyclic) bond motifs is 5. The molecule has 6 heteroatoms. The summed E-state index contributed by atoms with van der Waals surface area (Å²) in [7, 11) is 0. The van der Waals surface area contributed by atoms with E-state index in [9.17, 15) is 14.7 Å². The van der Waals surface area contributed by atoms with Crippen molar-refractivity contribution in [3.8, 4) is 0 Å². The molecule has 1 fully saturated rings. The van der Waals surface area contributed by atoms with Gasteiger partial charge in [-0.2, -0.15) is 0 Å². The number of esters is 1. The summed E-state index contributed by atoms with van der Waals surface area (Å²) in [4.78, 5) is 32.2. The minimum absolute atomic E-state index is 0.0241. The lowest BCUT2D eigenvalue weighted by atomic mass is 9.63. The first-order valence-electron chi connectivity index (χ1n) is 9.21. The average molecular weight is 364 g/mol. The van der Waals surface area contributed by atoms with E-state index < -0.39 is 22.9 Å². The van der Waals surface area contributed by atoms with Crippen molar-refractivity contribution < 1.29 is 19.4 Å². The summed E-state index contributed by atoms with van der Waals surface area (Å²) in [6.45, 7) is 3.92. The van der Waals surface area contributed by atoms with Crippen LogP contribution in [0, 0.1) is 11.3 Å². The van der Waals surface area contributed by atoms with Crippen LogP contribution in [0.4, 0.5) is 0 Å². The van der Waals surface area contributed by atoms with Crippen LogP contribution in [0.2, 0.25) is 0 Å². The second-order valence-corrected chi connectivity index (χ2v) is 7.88. The summed E-state index contributed by atoms with van der Waals surface area (Å²) < 4.78 is 5.23. The van der Waals surface area contributed by atoms with Gasteiger partial charge in [0.15, 0.2) is 5.60 Å². The summed E-state index contributed by atoms with van der Waals surface area (Å²) in [5.41, 5.74) is 0.577. The van der Waals surface area contributed by atoms with Crippen LogP contribution in [-0.2, 0) is 20.9 Å². The molecule has 2 unspecified atom stereocenters. The fraction of sp³-hybridized carbons (Fsp3) is 0.381. The number of pyridine rings is 1. The van der Waals surface area contributed by atoms with Crippen molar-refractivity contribution in [2.75, 3.05) is 6.61 Å². The molecule has 0 spiro atoms. The fourth-order valence-electron chi connectivity index (χ4n) is 4.67. The minimum atomic E-state index is -1.71. The number of aliphatic hydroxyl groups is 1. The average Bonchev–Trinajstić information content (AvgIpc) is 3.03. The number of amides is 1. The number of nitrogens with zero attached hydrogens (tertiary/aromatic N) is 2. The van der Waals surface area contributed by atoms with Crippen LogP contribution < -0.4 is 0 Å². The molecule has 1 amide bonds. The standard InChI is InChI=1S/C21H20N2O4/c1-3-21(26)16-9-15-17-13(8-12-6-4-5-7-14(12)22-17)10-23(15)18(24)20(16,2)11-27-19(21)25/h4-9,16,26H,3,10-11H2,1-2H3/t16?,20?,21-/m0/s1. The molecule has 0 saturated carbocycles. The van der Waals surface area contributed by atoms with E-state index in [0.29, 0.717) is 12.2 Å². The number of carbonyl (C=O) groups is 2. The Morgan fingerprint density at radius 1 is 1.33 bits per heavy atom. The zero-order chi connectivity index (χ0) is 19.0. The number of aromatic nitrogens is 1. The van der Waals surface area contributed by atoms with Crippen molar-refractivity contribution >= 4 is 28.5 Å². The Labute approximate surface area is 156 Å². The number of hydrogen-bond acceptors (Lipinski definition) is 5. The van der Waals surface area contributed by atoms with Crippen molar-refractivity contribution in [1.82, 2.24) is 9.88 Å². The Bertz CT molecular complexity index is 1050. The number of benzene rings is 1. The van der Waals surface area contributed by atoms with Gasteiger partial charge < -0.3 is 14.7 Å². The minimum Gasteiger partial charge on any atom is -0.462 e. The van der Waals surface area contributed by atoms with Gasteiger partial charge in [-0.15, -0.1) is 0 Å². The van der Waals surface area contributed by atoms with Crippen LogP contribution in [0.15, 0.2) is 36.4 Å². The zero-order valence-electron chi connectivity index (χ0n) is 15.2. The maximum atomic E-state index is 13.4. The third kappa shape index (κ3) is 1.96. The van der Waals surface area contributed by atoms with E-state index in [4.69, 9.17) is 9.72 Å². The van der Waals surface area contributed by atoms with Crippen LogP contribution in [-0.4, -0.2) is 39.1 Å². The molecular weight excluding hydrogens is 344 g/mol. The Morgan fingerprint density at radius 2 is 2.11 bits per heavy atom. The lowest BCUT2D eigenvalue weighted by Crippen LogP contribution is -2.64. The van der Waals surface area contributed by atoms with Crippen LogP contribution in [0.25, 0.3) is 16.6 Å². The van der Waals surface area contributed by atoms with Gasteiger partial charge in [-0.1, -0.05) is 31.2 Å². The van der Waals surface area contributed by atoms with Gasteiger partial charge in [0.1, 0.15) is 6.61 Å². The van der Waals surface area contributed by atoms with Gasteiger partial charge in [0.2, 0.25) is 5.91 Å². The highest BCUT2D eigenvalue weighted by Gasteiger charge is 2.62. The van der Waals surface area contributed by atoms with E-state index in [-0.39, 0.29) is 18.9 Å². The highest BCUT2D eigenvalue weighted by Crippen LogP contribution is 2.51. The lowest BCUT2D eigenvalue weighted by Gasteiger charge is -2.50. The van der Waals surface area contributed by atoms with Crippen LogP contribution in [0.3, 0.4) is 0 Å². The highest BCUT2D eigenvalue weighted by molar-refractivity contribution is 5.99. The summed E-state index contributed by atoms with van der Waals surface area (Å²) >= 11 is 0. The lowest BCUT2D eigenvalue weighted by molar-refractivity contribution is -0.202. The summed E-state index contributed by atoms with van der Waals surface area (Å²) in [6.07, 6.45) is 2.04. The Morgan fingerprint density at radius 3 is 2.89 bits per heavy atom. The molecule has 0 bridgehead atoms. The smallest absolute Gasteiger partial charge is 0.338 e. The van der Waals surface area contributed by atoms with E-state index in [1.165, 1.54) is 0 Å². The first-order chi connectivity index (χ1) is 12.9. The normalized spacial score (nSPS) is 31.9. The van der Waals surface area contributed by atoms with Crippen LogP contribution >= 0.6 is 0 Å². The highest BCUT2D eigenvalue weighted by atomic mass is 16.6.